The van der Waals surface area contributed by atoms with Gasteiger partial charge in [0.25, 0.3) is 0 Å². The minimum absolute atomic E-state index is 0.0160. The van der Waals surface area contributed by atoms with E-state index >= 15 is 0 Å². The third-order valence-corrected chi connectivity index (χ3v) is 5.86. The molecule has 1 aromatic rings. The molecule has 4 rings (SSSR count). The summed E-state index contributed by atoms with van der Waals surface area (Å²) in [5.74, 6) is 0.134. The second kappa shape index (κ2) is 6.45. The summed E-state index contributed by atoms with van der Waals surface area (Å²) in [7, 11) is 0. The van der Waals surface area contributed by atoms with Crippen molar-refractivity contribution in [3.63, 3.8) is 0 Å². The molecule has 134 valence electrons. The molecule has 1 aromatic carbocycles. The quantitative estimate of drug-likeness (QED) is 0.765. The molecule has 0 heterocycles. The maximum atomic E-state index is 12.7. The van der Waals surface area contributed by atoms with Gasteiger partial charge in [-0.1, -0.05) is 18.2 Å². The van der Waals surface area contributed by atoms with E-state index in [1.54, 1.807) is 6.92 Å². The van der Waals surface area contributed by atoms with Crippen molar-refractivity contribution in [3.05, 3.63) is 34.9 Å². The average Bonchev–Trinajstić information content (AvgIpc) is 3.38. The van der Waals surface area contributed by atoms with Crippen LogP contribution in [0.4, 0.5) is 0 Å². The van der Waals surface area contributed by atoms with Gasteiger partial charge in [0, 0.05) is 5.92 Å². The molecule has 3 aliphatic carbocycles. The Bertz CT molecular complexity index is 696. The third-order valence-electron chi connectivity index (χ3n) is 5.86. The molecule has 0 bridgehead atoms. The van der Waals surface area contributed by atoms with E-state index < -0.39 is 12.1 Å². The van der Waals surface area contributed by atoms with Gasteiger partial charge in [-0.3, -0.25) is 9.59 Å². The van der Waals surface area contributed by atoms with Crippen LogP contribution in [-0.2, 0) is 16.0 Å². The highest BCUT2D eigenvalue weighted by Crippen LogP contribution is 2.47. The summed E-state index contributed by atoms with van der Waals surface area (Å²) >= 11 is 0. The summed E-state index contributed by atoms with van der Waals surface area (Å²) in [5.41, 5.74) is 4.06. The molecule has 0 unspecified atom stereocenters. The summed E-state index contributed by atoms with van der Waals surface area (Å²) in [6.07, 6.45) is 5.25. The van der Waals surface area contributed by atoms with Crippen LogP contribution in [-0.4, -0.2) is 29.1 Å². The van der Waals surface area contributed by atoms with Crippen molar-refractivity contribution in [1.82, 2.24) is 10.6 Å². The predicted molar refractivity (Wildman–Crippen MR) is 94.0 cm³/mol. The summed E-state index contributed by atoms with van der Waals surface area (Å²) in [5, 5.41) is 15.8. The topological polar surface area (TPSA) is 78.4 Å². The van der Waals surface area contributed by atoms with Crippen LogP contribution in [0.1, 0.15) is 67.7 Å². The molecular weight excluding hydrogens is 316 g/mol. The van der Waals surface area contributed by atoms with Gasteiger partial charge < -0.3 is 15.7 Å². The second-order valence-corrected chi connectivity index (χ2v) is 7.81. The van der Waals surface area contributed by atoms with E-state index in [9.17, 15) is 14.7 Å². The van der Waals surface area contributed by atoms with Gasteiger partial charge in [-0.2, -0.15) is 0 Å². The lowest BCUT2D eigenvalue weighted by Gasteiger charge is -2.23. The summed E-state index contributed by atoms with van der Waals surface area (Å²) in [6, 6.07) is 5.47. The molecular formula is C20H26N2O3. The van der Waals surface area contributed by atoms with Crippen LogP contribution >= 0.6 is 0 Å². The molecule has 0 saturated heterocycles. The van der Waals surface area contributed by atoms with Crippen molar-refractivity contribution in [3.8, 4) is 0 Å². The summed E-state index contributed by atoms with van der Waals surface area (Å²) < 4.78 is 0. The number of aliphatic hydroxyl groups is 1. The standard InChI is InChI=1S/C20H26N2O3/c1-11(23)18(22-19(24)13-8-9-13)20(25)21-16-10-14-6-2-4-12-5-3-7-15(16)17(12)14/h3,5,7,11,13-14,16,18,23H,2,4,6,8-10H2,1H3,(H,21,25)(H,22,24)/t11-,14-,16+,18-/m0/s1. The Hall–Kier alpha value is -1.88. The minimum atomic E-state index is -0.915. The number of rotatable bonds is 5. The molecule has 0 aromatic heterocycles. The van der Waals surface area contributed by atoms with Gasteiger partial charge in [0.1, 0.15) is 6.04 Å². The first-order valence-corrected chi connectivity index (χ1v) is 9.45. The van der Waals surface area contributed by atoms with Gasteiger partial charge in [-0.25, -0.2) is 0 Å². The van der Waals surface area contributed by atoms with Crippen molar-refractivity contribution in [2.45, 2.75) is 69.6 Å². The highest BCUT2D eigenvalue weighted by Gasteiger charge is 2.38. The first-order valence-electron chi connectivity index (χ1n) is 9.45. The van der Waals surface area contributed by atoms with Crippen LogP contribution in [0.2, 0.25) is 0 Å². The van der Waals surface area contributed by atoms with E-state index in [0.29, 0.717) is 5.92 Å². The van der Waals surface area contributed by atoms with E-state index in [-0.39, 0.29) is 23.8 Å². The first kappa shape index (κ1) is 16.6. The summed E-state index contributed by atoms with van der Waals surface area (Å²) in [4.78, 5) is 24.7. The van der Waals surface area contributed by atoms with E-state index in [0.717, 1.165) is 25.7 Å². The van der Waals surface area contributed by atoms with E-state index in [1.165, 1.54) is 29.5 Å². The lowest BCUT2D eigenvalue weighted by Crippen LogP contribution is -2.53. The van der Waals surface area contributed by atoms with Crippen LogP contribution in [0.5, 0.6) is 0 Å². The van der Waals surface area contributed by atoms with E-state index in [4.69, 9.17) is 0 Å². The molecule has 2 amide bonds. The number of carbonyl (C=O) groups excluding carboxylic acids is 2. The molecule has 1 saturated carbocycles. The van der Waals surface area contributed by atoms with Gasteiger partial charge in [0.15, 0.2) is 0 Å². The molecule has 1 fully saturated rings. The van der Waals surface area contributed by atoms with Crippen molar-refractivity contribution < 1.29 is 14.7 Å². The predicted octanol–water partition coefficient (Wildman–Crippen LogP) is 1.94. The highest BCUT2D eigenvalue weighted by atomic mass is 16.3. The van der Waals surface area contributed by atoms with Gasteiger partial charge in [-0.15, -0.1) is 0 Å². The highest BCUT2D eigenvalue weighted by molar-refractivity contribution is 5.90. The number of hydrogen-bond donors (Lipinski definition) is 3. The molecule has 25 heavy (non-hydrogen) atoms. The number of nitrogens with one attached hydrogen (secondary N) is 2. The van der Waals surface area contributed by atoms with E-state index in [2.05, 4.69) is 28.8 Å². The Morgan fingerprint density at radius 2 is 2.04 bits per heavy atom. The lowest BCUT2D eigenvalue weighted by atomic mass is 9.84. The molecule has 0 radical (unpaired) electrons. The van der Waals surface area contributed by atoms with Crippen molar-refractivity contribution in [2.75, 3.05) is 0 Å². The molecule has 3 N–H and O–H groups in total. The number of amides is 2. The fourth-order valence-corrected chi connectivity index (χ4v) is 4.40. The Balaban J connectivity index is 1.49. The molecule has 5 nitrogen and oxygen atoms in total. The molecule has 0 aliphatic heterocycles. The number of carbonyl (C=O) groups is 2. The van der Waals surface area contributed by atoms with Gasteiger partial charge >= 0.3 is 0 Å². The fourth-order valence-electron chi connectivity index (χ4n) is 4.40. The second-order valence-electron chi connectivity index (χ2n) is 7.81. The average molecular weight is 342 g/mol. The number of benzene rings is 1. The van der Waals surface area contributed by atoms with Crippen LogP contribution in [0.3, 0.4) is 0 Å². The smallest absolute Gasteiger partial charge is 0.245 e. The number of aliphatic hydroxyl groups excluding tert-OH is 1. The van der Waals surface area contributed by atoms with Crippen molar-refractivity contribution in [1.29, 1.82) is 0 Å². The van der Waals surface area contributed by atoms with Crippen LogP contribution in [0, 0.1) is 5.92 Å². The zero-order chi connectivity index (χ0) is 17.6. The largest absolute Gasteiger partial charge is 0.391 e. The van der Waals surface area contributed by atoms with Crippen molar-refractivity contribution >= 4 is 11.8 Å². The maximum Gasteiger partial charge on any atom is 0.245 e. The number of hydrogen-bond acceptors (Lipinski definition) is 3. The zero-order valence-corrected chi connectivity index (χ0v) is 14.6. The third kappa shape index (κ3) is 3.17. The van der Waals surface area contributed by atoms with Crippen molar-refractivity contribution in [2.24, 2.45) is 5.92 Å². The van der Waals surface area contributed by atoms with Crippen LogP contribution in [0.25, 0.3) is 0 Å². The Labute approximate surface area is 148 Å². The molecule has 3 aliphatic rings. The maximum absolute atomic E-state index is 12.7. The fraction of sp³-hybridized carbons (Fsp3) is 0.600. The number of aryl methyl sites for hydroxylation is 1. The van der Waals surface area contributed by atoms with Crippen LogP contribution < -0.4 is 10.6 Å². The van der Waals surface area contributed by atoms with E-state index in [1.807, 2.05) is 0 Å². The molecule has 0 spiro atoms. The Morgan fingerprint density at radius 1 is 1.24 bits per heavy atom. The normalized spacial score (nSPS) is 26.5. The van der Waals surface area contributed by atoms with Crippen LogP contribution in [0.15, 0.2) is 18.2 Å². The Kier molecular flexibility index (Phi) is 4.28. The van der Waals surface area contributed by atoms with Gasteiger partial charge in [0.2, 0.25) is 11.8 Å². The molecule has 5 heteroatoms. The molecule has 4 atom stereocenters. The SMILES string of the molecule is C[C@H](O)[C@H](NC(=O)C1CC1)C(=O)N[C@@H]1C[C@@H]2CCCc3cccc1c32. The first-order chi connectivity index (χ1) is 12.0. The summed E-state index contributed by atoms with van der Waals surface area (Å²) in [6.45, 7) is 1.55. The van der Waals surface area contributed by atoms with Gasteiger partial charge in [0.05, 0.1) is 12.1 Å². The van der Waals surface area contributed by atoms with Gasteiger partial charge in [-0.05, 0) is 68.1 Å². The monoisotopic (exact) mass is 342 g/mol. The minimum Gasteiger partial charge on any atom is -0.391 e. The zero-order valence-electron chi connectivity index (χ0n) is 14.6. The Morgan fingerprint density at radius 3 is 2.76 bits per heavy atom. The lowest BCUT2D eigenvalue weighted by molar-refractivity contribution is -0.132.